The Bertz CT molecular complexity index is 393. The number of nitrogens with two attached hydrogens (primary N) is 1. The average Bonchev–Trinajstić information content (AvgIpc) is 2.81. The van der Waals surface area contributed by atoms with Gasteiger partial charge in [0.25, 0.3) is 5.56 Å². The van der Waals surface area contributed by atoms with Gasteiger partial charge in [-0.1, -0.05) is 12.8 Å². The molecule has 0 spiro atoms. The Labute approximate surface area is 95.3 Å². The predicted molar refractivity (Wildman–Crippen MR) is 63.4 cm³/mol. The van der Waals surface area contributed by atoms with E-state index < -0.39 is 0 Å². The van der Waals surface area contributed by atoms with E-state index in [9.17, 15) is 4.79 Å². The SMILES string of the molecule is NCCCc1cnc(C2CCCC2)[nH]c1=O. The largest absolute Gasteiger partial charge is 0.330 e. The minimum Gasteiger partial charge on any atom is -0.330 e. The molecule has 0 saturated heterocycles. The van der Waals surface area contributed by atoms with Crippen LogP contribution in [0.1, 0.15) is 49.4 Å². The molecule has 16 heavy (non-hydrogen) atoms. The van der Waals surface area contributed by atoms with Gasteiger partial charge in [-0.2, -0.15) is 0 Å². The molecule has 0 aliphatic heterocycles. The van der Waals surface area contributed by atoms with Gasteiger partial charge in [-0.25, -0.2) is 4.98 Å². The van der Waals surface area contributed by atoms with Crippen LogP contribution in [-0.4, -0.2) is 16.5 Å². The molecule has 0 amide bonds. The summed E-state index contributed by atoms with van der Waals surface area (Å²) in [5.74, 6) is 1.34. The van der Waals surface area contributed by atoms with Crippen molar-refractivity contribution in [3.63, 3.8) is 0 Å². The standard InChI is InChI=1S/C12H19N3O/c13-7-3-6-10-8-14-11(15-12(10)16)9-4-1-2-5-9/h8-9H,1-7,13H2,(H,14,15,16). The van der Waals surface area contributed by atoms with Gasteiger partial charge in [0.15, 0.2) is 0 Å². The molecule has 1 aromatic heterocycles. The molecule has 0 aromatic carbocycles. The predicted octanol–water partition coefficient (Wildman–Crippen LogP) is 1.32. The van der Waals surface area contributed by atoms with Gasteiger partial charge in [0.1, 0.15) is 5.82 Å². The Morgan fingerprint density at radius 3 is 2.81 bits per heavy atom. The van der Waals surface area contributed by atoms with Crippen molar-refractivity contribution in [3.8, 4) is 0 Å². The zero-order valence-electron chi connectivity index (χ0n) is 9.54. The normalized spacial score (nSPS) is 16.8. The molecule has 0 bridgehead atoms. The smallest absolute Gasteiger partial charge is 0.254 e. The molecule has 1 aliphatic carbocycles. The summed E-state index contributed by atoms with van der Waals surface area (Å²) in [6.07, 6.45) is 8.11. The van der Waals surface area contributed by atoms with Gasteiger partial charge in [0.05, 0.1) is 0 Å². The third-order valence-electron chi connectivity index (χ3n) is 3.28. The molecule has 1 saturated carbocycles. The maximum absolute atomic E-state index is 11.8. The second-order valence-electron chi connectivity index (χ2n) is 4.50. The van der Waals surface area contributed by atoms with E-state index in [1.54, 1.807) is 6.20 Å². The number of aromatic amines is 1. The van der Waals surface area contributed by atoms with Crippen molar-refractivity contribution in [1.29, 1.82) is 0 Å². The number of rotatable bonds is 4. The average molecular weight is 221 g/mol. The van der Waals surface area contributed by atoms with E-state index in [1.165, 1.54) is 12.8 Å². The van der Waals surface area contributed by atoms with Crippen LogP contribution in [0.25, 0.3) is 0 Å². The number of nitrogens with zero attached hydrogens (tertiary/aromatic N) is 1. The van der Waals surface area contributed by atoms with Gasteiger partial charge in [-0.15, -0.1) is 0 Å². The van der Waals surface area contributed by atoms with E-state index in [-0.39, 0.29) is 5.56 Å². The van der Waals surface area contributed by atoms with Crippen LogP contribution in [0.3, 0.4) is 0 Å². The number of aromatic nitrogens is 2. The van der Waals surface area contributed by atoms with Crippen LogP contribution in [0.2, 0.25) is 0 Å². The van der Waals surface area contributed by atoms with Gasteiger partial charge in [-0.3, -0.25) is 4.79 Å². The lowest BCUT2D eigenvalue weighted by Gasteiger charge is -2.08. The maximum atomic E-state index is 11.8. The van der Waals surface area contributed by atoms with E-state index in [4.69, 9.17) is 5.73 Å². The molecule has 0 atom stereocenters. The highest BCUT2D eigenvalue weighted by atomic mass is 16.1. The van der Waals surface area contributed by atoms with Crippen molar-refractivity contribution in [1.82, 2.24) is 9.97 Å². The molecule has 4 heteroatoms. The van der Waals surface area contributed by atoms with Crippen LogP contribution in [0.15, 0.2) is 11.0 Å². The Kier molecular flexibility index (Phi) is 3.72. The number of hydrogen-bond donors (Lipinski definition) is 2. The van der Waals surface area contributed by atoms with Crippen LogP contribution in [0, 0.1) is 0 Å². The summed E-state index contributed by atoms with van der Waals surface area (Å²) in [5, 5.41) is 0. The topological polar surface area (TPSA) is 71.8 Å². The van der Waals surface area contributed by atoms with Crippen LogP contribution in [-0.2, 0) is 6.42 Å². The van der Waals surface area contributed by atoms with E-state index in [1.807, 2.05) is 0 Å². The Morgan fingerprint density at radius 2 is 2.19 bits per heavy atom. The Balaban J connectivity index is 2.12. The van der Waals surface area contributed by atoms with E-state index in [0.29, 0.717) is 12.5 Å². The highest BCUT2D eigenvalue weighted by Crippen LogP contribution is 2.31. The van der Waals surface area contributed by atoms with Crippen molar-refractivity contribution < 1.29 is 0 Å². The van der Waals surface area contributed by atoms with Gasteiger partial charge in [0, 0.05) is 17.7 Å². The molecule has 3 N–H and O–H groups in total. The summed E-state index contributed by atoms with van der Waals surface area (Å²) >= 11 is 0. The summed E-state index contributed by atoms with van der Waals surface area (Å²) in [4.78, 5) is 19.1. The number of H-pyrrole nitrogens is 1. The first-order chi connectivity index (χ1) is 7.81. The molecule has 88 valence electrons. The van der Waals surface area contributed by atoms with Gasteiger partial charge in [0.2, 0.25) is 0 Å². The first-order valence-electron chi connectivity index (χ1n) is 6.09. The van der Waals surface area contributed by atoms with E-state index in [0.717, 1.165) is 37.1 Å². The molecule has 2 rings (SSSR count). The maximum Gasteiger partial charge on any atom is 0.254 e. The number of aryl methyl sites for hydroxylation is 1. The molecule has 0 unspecified atom stereocenters. The van der Waals surface area contributed by atoms with Crippen molar-refractivity contribution in [3.05, 3.63) is 27.9 Å². The fourth-order valence-electron chi connectivity index (χ4n) is 2.31. The number of nitrogens with one attached hydrogen (secondary N) is 1. The summed E-state index contributed by atoms with van der Waals surface area (Å²) in [7, 11) is 0. The van der Waals surface area contributed by atoms with Crippen molar-refractivity contribution in [2.45, 2.75) is 44.4 Å². The fourth-order valence-corrected chi connectivity index (χ4v) is 2.31. The third kappa shape index (κ3) is 2.50. The first kappa shape index (κ1) is 11.3. The molecular formula is C12H19N3O. The first-order valence-corrected chi connectivity index (χ1v) is 6.09. The van der Waals surface area contributed by atoms with Crippen LogP contribution in [0.5, 0.6) is 0 Å². The van der Waals surface area contributed by atoms with Crippen LogP contribution >= 0.6 is 0 Å². The zero-order valence-corrected chi connectivity index (χ0v) is 9.54. The van der Waals surface area contributed by atoms with Crippen LogP contribution < -0.4 is 11.3 Å². The van der Waals surface area contributed by atoms with Crippen LogP contribution in [0.4, 0.5) is 0 Å². The molecule has 4 nitrogen and oxygen atoms in total. The molecule has 1 aromatic rings. The second kappa shape index (κ2) is 5.25. The molecule has 0 radical (unpaired) electrons. The fraction of sp³-hybridized carbons (Fsp3) is 0.667. The van der Waals surface area contributed by atoms with Crippen molar-refractivity contribution in [2.75, 3.05) is 6.54 Å². The summed E-state index contributed by atoms with van der Waals surface area (Å²) < 4.78 is 0. The molecular weight excluding hydrogens is 202 g/mol. The van der Waals surface area contributed by atoms with Gasteiger partial charge >= 0.3 is 0 Å². The third-order valence-corrected chi connectivity index (χ3v) is 3.28. The second-order valence-corrected chi connectivity index (χ2v) is 4.50. The lowest BCUT2D eigenvalue weighted by atomic mass is 10.1. The Morgan fingerprint density at radius 1 is 1.44 bits per heavy atom. The minimum atomic E-state index is 0.0188. The monoisotopic (exact) mass is 221 g/mol. The summed E-state index contributed by atoms with van der Waals surface area (Å²) in [6.45, 7) is 0.615. The molecule has 1 heterocycles. The van der Waals surface area contributed by atoms with E-state index in [2.05, 4.69) is 9.97 Å². The van der Waals surface area contributed by atoms with Gasteiger partial charge < -0.3 is 10.7 Å². The van der Waals surface area contributed by atoms with E-state index >= 15 is 0 Å². The van der Waals surface area contributed by atoms with Crippen molar-refractivity contribution in [2.24, 2.45) is 5.73 Å². The quantitative estimate of drug-likeness (QED) is 0.805. The lowest BCUT2D eigenvalue weighted by Crippen LogP contribution is -2.18. The summed E-state index contributed by atoms with van der Waals surface area (Å²) in [6, 6.07) is 0. The number of hydrogen-bond acceptors (Lipinski definition) is 3. The van der Waals surface area contributed by atoms with Gasteiger partial charge in [-0.05, 0) is 32.2 Å². The lowest BCUT2D eigenvalue weighted by molar-refractivity contribution is 0.658. The molecule has 1 aliphatic rings. The molecule has 1 fully saturated rings. The highest BCUT2D eigenvalue weighted by Gasteiger charge is 2.19. The zero-order chi connectivity index (χ0) is 11.4. The minimum absolute atomic E-state index is 0.0188. The highest BCUT2D eigenvalue weighted by molar-refractivity contribution is 5.09. The van der Waals surface area contributed by atoms with Crippen molar-refractivity contribution >= 4 is 0 Å². The summed E-state index contributed by atoms with van der Waals surface area (Å²) in [5.41, 5.74) is 6.20. The Hall–Kier alpha value is -1.16.